The van der Waals surface area contributed by atoms with Crippen molar-refractivity contribution in [2.45, 2.75) is 11.4 Å². The predicted molar refractivity (Wildman–Crippen MR) is 95.0 cm³/mol. The second-order valence-electron chi connectivity index (χ2n) is 5.29. The van der Waals surface area contributed by atoms with Gasteiger partial charge in [0.05, 0.1) is 11.4 Å². The van der Waals surface area contributed by atoms with Crippen molar-refractivity contribution in [3.63, 3.8) is 0 Å². The maximum absolute atomic E-state index is 10.5. The molecular formula is C20H18OS. The minimum Gasteiger partial charge on any atom is -0.387 e. The van der Waals surface area contributed by atoms with Crippen LogP contribution in [0.3, 0.4) is 0 Å². The van der Waals surface area contributed by atoms with Crippen LogP contribution in [-0.2, 0) is 0 Å². The summed E-state index contributed by atoms with van der Waals surface area (Å²) in [5.41, 5.74) is 4.22. The van der Waals surface area contributed by atoms with Crippen molar-refractivity contribution >= 4 is 12.6 Å². The summed E-state index contributed by atoms with van der Waals surface area (Å²) in [4.78, 5) is 0. The highest BCUT2D eigenvalue weighted by atomic mass is 32.1. The number of hydrogen-bond donors (Lipinski definition) is 2. The van der Waals surface area contributed by atoms with E-state index in [0.29, 0.717) is 0 Å². The third-order valence-corrected chi connectivity index (χ3v) is 4.38. The average Bonchev–Trinajstić information content (AvgIpc) is 2.62. The Balaban J connectivity index is 1.81. The minimum atomic E-state index is -0.629. The fraction of sp³-hybridized carbons (Fsp3) is 0.100. The molecule has 2 heteroatoms. The quantitative estimate of drug-likeness (QED) is 0.646. The normalized spacial score (nSPS) is 13.5. The van der Waals surface area contributed by atoms with Crippen LogP contribution >= 0.6 is 12.6 Å². The molecule has 0 aliphatic heterocycles. The molecule has 0 fully saturated rings. The van der Waals surface area contributed by atoms with Gasteiger partial charge in [0.25, 0.3) is 0 Å². The zero-order valence-electron chi connectivity index (χ0n) is 12.1. The monoisotopic (exact) mass is 306 g/mol. The molecule has 0 saturated carbocycles. The molecule has 22 heavy (non-hydrogen) atoms. The minimum absolute atomic E-state index is 0.233. The molecule has 3 rings (SSSR count). The Morgan fingerprint density at radius 3 is 1.68 bits per heavy atom. The molecule has 2 atom stereocenters. The molecule has 3 aromatic carbocycles. The van der Waals surface area contributed by atoms with E-state index in [1.807, 2.05) is 72.8 Å². The first-order valence-corrected chi connectivity index (χ1v) is 7.84. The van der Waals surface area contributed by atoms with Crippen LogP contribution in [0.1, 0.15) is 22.5 Å². The first kappa shape index (κ1) is 14.9. The zero-order chi connectivity index (χ0) is 15.4. The molecule has 0 radical (unpaired) electrons. The summed E-state index contributed by atoms with van der Waals surface area (Å²) in [6.45, 7) is 0. The largest absolute Gasteiger partial charge is 0.387 e. The van der Waals surface area contributed by atoms with Crippen LogP contribution in [-0.4, -0.2) is 5.11 Å². The summed E-state index contributed by atoms with van der Waals surface area (Å²) in [6, 6.07) is 28.1. The summed E-state index contributed by atoms with van der Waals surface area (Å²) in [6.07, 6.45) is -0.629. The van der Waals surface area contributed by atoms with Crippen LogP contribution in [0.25, 0.3) is 11.1 Å². The Hall–Kier alpha value is -2.03. The number of aliphatic hydroxyl groups is 1. The molecule has 0 aromatic heterocycles. The smallest absolute Gasteiger partial charge is 0.0946 e. The maximum Gasteiger partial charge on any atom is 0.0946 e. The van der Waals surface area contributed by atoms with E-state index < -0.39 is 6.10 Å². The van der Waals surface area contributed by atoms with Gasteiger partial charge < -0.3 is 5.11 Å². The van der Waals surface area contributed by atoms with Gasteiger partial charge in [-0.15, -0.1) is 0 Å². The lowest BCUT2D eigenvalue weighted by atomic mass is 9.98. The topological polar surface area (TPSA) is 20.2 Å². The SMILES string of the molecule is OC(c1ccc(-c2ccccc2)cc1)C(S)c1ccccc1. The average molecular weight is 306 g/mol. The molecule has 0 heterocycles. The van der Waals surface area contributed by atoms with Crippen molar-refractivity contribution < 1.29 is 5.11 Å². The van der Waals surface area contributed by atoms with E-state index in [1.165, 1.54) is 5.56 Å². The molecule has 0 aliphatic carbocycles. The zero-order valence-corrected chi connectivity index (χ0v) is 13.0. The summed E-state index contributed by atoms with van der Waals surface area (Å²) < 4.78 is 0. The first-order valence-electron chi connectivity index (χ1n) is 7.32. The van der Waals surface area contributed by atoms with Crippen molar-refractivity contribution in [2.75, 3.05) is 0 Å². The molecule has 0 aliphatic rings. The molecule has 3 aromatic rings. The maximum atomic E-state index is 10.5. The van der Waals surface area contributed by atoms with Crippen LogP contribution in [0.4, 0.5) is 0 Å². The fourth-order valence-electron chi connectivity index (χ4n) is 2.52. The highest BCUT2D eigenvalue weighted by molar-refractivity contribution is 7.80. The summed E-state index contributed by atoms with van der Waals surface area (Å²) >= 11 is 4.57. The van der Waals surface area contributed by atoms with Gasteiger partial charge in [0, 0.05) is 0 Å². The molecule has 1 N–H and O–H groups in total. The lowest BCUT2D eigenvalue weighted by Gasteiger charge is -2.19. The van der Waals surface area contributed by atoms with Crippen molar-refractivity contribution in [2.24, 2.45) is 0 Å². The highest BCUT2D eigenvalue weighted by Gasteiger charge is 2.18. The van der Waals surface area contributed by atoms with E-state index in [1.54, 1.807) is 0 Å². The number of hydrogen-bond acceptors (Lipinski definition) is 2. The Morgan fingerprint density at radius 2 is 1.09 bits per heavy atom. The Bertz CT molecular complexity index is 708. The van der Waals surface area contributed by atoms with Gasteiger partial charge in [-0.05, 0) is 22.3 Å². The third kappa shape index (κ3) is 3.24. The number of thiol groups is 1. The van der Waals surface area contributed by atoms with Crippen molar-refractivity contribution in [3.05, 3.63) is 96.1 Å². The lowest BCUT2D eigenvalue weighted by Crippen LogP contribution is -2.05. The number of rotatable bonds is 4. The molecular weight excluding hydrogens is 288 g/mol. The molecule has 0 amide bonds. The van der Waals surface area contributed by atoms with Gasteiger partial charge in [0.2, 0.25) is 0 Å². The summed E-state index contributed by atoms with van der Waals surface area (Å²) in [5, 5.41) is 10.3. The second kappa shape index (κ2) is 6.82. The van der Waals surface area contributed by atoms with Crippen LogP contribution < -0.4 is 0 Å². The lowest BCUT2D eigenvalue weighted by molar-refractivity contribution is 0.175. The van der Waals surface area contributed by atoms with E-state index in [9.17, 15) is 5.11 Å². The van der Waals surface area contributed by atoms with Gasteiger partial charge in [-0.25, -0.2) is 0 Å². The highest BCUT2D eigenvalue weighted by Crippen LogP contribution is 2.34. The van der Waals surface area contributed by atoms with Crippen LogP contribution in [0.5, 0.6) is 0 Å². The fourth-order valence-corrected chi connectivity index (χ4v) is 2.86. The van der Waals surface area contributed by atoms with Gasteiger partial charge in [0.15, 0.2) is 0 Å². The summed E-state index contributed by atoms with van der Waals surface area (Å²) in [7, 11) is 0. The van der Waals surface area contributed by atoms with Crippen LogP contribution in [0.2, 0.25) is 0 Å². The first-order chi connectivity index (χ1) is 10.8. The molecule has 0 spiro atoms. The Kier molecular flexibility index (Phi) is 4.62. The van der Waals surface area contributed by atoms with Gasteiger partial charge in [-0.2, -0.15) is 12.6 Å². The molecule has 2 unspecified atom stereocenters. The molecule has 0 bridgehead atoms. The van der Waals surface area contributed by atoms with Crippen LogP contribution in [0.15, 0.2) is 84.9 Å². The molecule has 110 valence electrons. The standard InChI is InChI=1S/C20H18OS/c21-19(20(22)18-9-5-2-6-10-18)17-13-11-16(12-14-17)15-7-3-1-4-8-15/h1-14,19-22H. The van der Waals surface area contributed by atoms with Crippen LogP contribution in [0, 0.1) is 0 Å². The van der Waals surface area contributed by atoms with Gasteiger partial charge in [-0.3, -0.25) is 0 Å². The number of benzene rings is 3. The van der Waals surface area contributed by atoms with Gasteiger partial charge >= 0.3 is 0 Å². The Labute approximate surface area is 136 Å². The third-order valence-electron chi connectivity index (χ3n) is 3.80. The van der Waals surface area contributed by atoms with E-state index in [-0.39, 0.29) is 5.25 Å². The summed E-state index contributed by atoms with van der Waals surface area (Å²) in [5.74, 6) is 0. The van der Waals surface area contributed by atoms with E-state index in [4.69, 9.17) is 0 Å². The van der Waals surface area contributed by atoms with E-state index in [2.05, 4.69) is 24.8 Å². The van der Waals surface area contributed by atoms with Crippen molar-refractivity contribution in [3.8, 4) is 11.1 Å². The molecule has 0 saturated heterocycles. The molecule has 1 nitrogen and oxygen atoms in total. The van der Waals surface area contributed by atoms with Gasteiger partial charge in [0.1, 0.15) is 0 Å². The van der Waals surface area contributed by atoms with E-state index in [0.717, 1.165) is 16.7 Å². The van der Waals surface area contributed by atoms with Crippen molar-refractivity contribution in [1.82, 2.24) is 0 Å². The van der Waals surface area contributed by atoms with Crippen molar-refractivity contribution in [1.29, 1.82) is 0 Å². The predicted octanol–water partition coefficient (Wildman–Crippen LogP) is 5.06. The van der Waals surface area contributed by atoms with E-state index >= 15 is 0 Å². The number of aliphatic hydroxyl groups excluding tert-OH is 1. The van der Waals surface area contributed by atoms with Gasteiger partial charge in [-0.1, -0.05) is 84.9 Å². The second-order valence-corrected chi connectivity index (χ2v) is 5.84. The Morgan fingerprint density at radius 1 is 0.591 bits per heavy atom.